The second-order valence-electron chi connectivity index (χ2n) is 3.91. The minimum absolute atomic E-state index is 0.914. The van der Waals surface area contributed by atoms with Crippen molar-refractivity contribution in [3.8, 4) is 21.6 Å². The van der Waals surface area contributed by atoms with Crippen molar-refractivity contribution in [2.75, 3.05) is 0 Å². The van der Waals surface area contributed by atoms with Crippen LogP contribution >= 0.6 is 27.5 Å². The van der Waals surface area contributed by atoms with Crippen molar-refractivity contribution in [3.05, 3.63) is 65.3 Å². The number of hydrogen-bond acceptors (Lipinski definition) is 2. The summed E-state index contributed by atoms with van der Waals surface area (Å²) in [5.74, 6) is 0. The molecule has 0 fully saturated rings. The van der Waals surface area contributed by atoms with Gasteiger partial charge in [-0.15, -0.1) is 0 Å². The Morgan fingerprint density at radius 2 is 1.33 bits per heavy atom. The Morgan fingerprint density at radius 1 is 0.778 bits per heavy atom. The Kier molecular flexibility index (Phi) is 3.26. The maximum absolute atomic E-state index is 4.43. The van der Waals surface area contributed by atoms with Crippen molar-refractivity contribution in [1.82, 2.24) is 4.37 Å². The highest BCUT2D eigenvalue weighted by molar-refractivity contribution is 9.10. The van der Waals surface area contributed by atoms with Crippen molar-refractivity contribution in [2.24, 2.45) is 0 Å². The maximum atomic E-state index is 4.43. The third kappa shape index (κ3) is 2.11. The van der Waals surface area contributed by atoms with Gasteiger partial charge in [-0.2, -0.15) is 4.37 Å². The van der Waals surface area contributed by atoms with E-state index in [0.717, 1.165) is 4.60 Å². The first-order valence-corrected chi connectivity index (χ1v) is 7.19. The van der Waals surface area contributed by atoms with E-state index in [9.17, 15) is 0 Å². The molecule has 0 radical (unpaired) electrons. The van der Waals surface area contributed by atoms with Crippen LogP contribution < -0.4 is 0 Å². The van der Waals surface area contributed by atoms with E-state index in [2.05, 4.69) is 56.7 Å². The molecule has 0 saturated carbocycles. The van der Waals surface area contributed by atoms with Crippen molar-refractivity contribution in [1.29, 1.82) is 0 Å². The fraction of sp³-hybridized carbons (Fsp3) is 0. The summed E-state index contributed by atoms with van der Waals surface area (Å²) >= 11 is 5.08. The van der Waals surface area contributed by atoms with Crippen LogP contribution in [0.5, 0.6) is 0 Å². The average Bonchev–Trinajstić information content (AvgIpc) is 2.83. The van der Waals surface area contributed by atoms with E-state index < -0.39 is 0 Å². The average molecular weight is 316 g/mol. The van der Waals surface area contributed by atoms with E-state index in [0.29, 0.717) is 0 Å². The van der Waals surface area contributed by atoms with Gasteiger partial charge in [0.25, 0.3) is 0 Å². The SMILES string of the molecule is Brc1nsc(-c2ccccc2)c1-c1ccccc1. The standard InChI is InChI=1S/C15H10BrNS/c16-15-13(11-7-3-1-4-8-11)14(18-17-15)12-9-5-2-6-10-12/h1-10H. The molecule has 1 nitrogen and oxygen atoms in total. The Bertz CT molecular complexity index is 647. The zero-order chi connectivity index (χ0) is 12.4. The predicted molar refractivity (Wildman–Crippen MR) is 80.7 cm³/mol. The van der Waals surface area contributed by atoms with Crippen molar-refractivity contribution >= 4 is 27.5 Å². The van der Waals surface area contributed by atoms with Crippen LogP contribution in [0.1, 0.15) is 0 Å². The quantitative estimate of drug-likeness (QED) is 0.630. The normalized spacial score (nSPS) is 10.5. The summed E-state index contributed by atoms with van der Waals surface area (Å²) in [7, 11) is 0. The molecular weight excluding hydrogens is 306 g/mol. The Balaban J connectivity index is 2.19. The van der Waals surface area contributed by atoms with E-state index >= 15 is 0 Å². The largest absolute Gasteiger partial charge is 0.184 e. The van der Waals surface area contributed by atoms with Crippen molar-refractivity contribution < 1.29 is 0 Å². The summed E-state index contributed by atoms with van der Waals surface area (Å²) in [6, 6.07) is 20.7. The first-order chi connectivity index (χ1) is 8.86. The minimum Gasteiger partial charge on any atom is -0.184 e. The van der Waals surface area contributed by atoms with Gasteiger partial charge in [0.05, 0.1) is 4.88 Å². The lowest BCUT2D eigenvalue weighted by atomic mass is 10.0. The summed E-state index contributed by atoms with van der Waals surface area (Å²) in [4.78, 5) is 1.20. The van der Waals surface area contributed by atoms with Crippen LogP contribution in [-0.4, -0.2) is 4.37 Å². The van der Waals surface area contributed by atoms with Crippen LogP contribution in [-0.2, 0) is 0 Å². The number of halogens is 1. The Morgan fingerprint density at radius 3 is 1.94 bits per heavy atom. The molecule has 1 aromatic heterocycles. The lowest BCUT2D eigenvalue weighted by Gasteiger charge is -2.03. The molecule has 0 unspecified atom stereocenters. The highest BCUT2D eigenvalue weighted by Crippen LogP contribution is 2.40. The van der Waals surface area contributed by atoms with Gasteiger partial charge in [-0.1, -0.05) is 60.7 Å². The molecule has 3 heteroatoms. The van der Waals surface area contributed by atoms with Crippen LogP contribution in [0.2, 0.25) is 0 Å². The van der Waals surface area contributed by atoms with Crippen molar-refractivity contribution in [3.63, 3.8) is 0 Å². The van der Waals surface area contributed by atoms with Crippen LogP contribution in [0, 0.1) is 0 Å². The number of aromatic nitrogens is 1. The molecule has 3 rings (SSSR count). The van der Waals surface area contributed by atoms with Crippen LogP contribution in [0.15, 0.2) is 65.3 Å². The third-order valence-electron chi connectivity index (χ3n) is 2.75. The molecule has 0 spiro atoms. The summed E-state index contributed by atoms with van der Waals surface area (Å²) in [6.07, 6.45) is 0. The highest BCUT2D eigenvalue weighted by atomic mass is 79.9. The topological polar surface area (TPSA) is 12.9 Å². The number of nitrogens with zero attached hydrogens (tertiary/aromatic N) is 1. The van der Waals surface area contributed by atoms with Gasteiger partial charge in [-0.25, -0.2) is 0 Å². The number of benzene rings is 2. The van der Waals surface area contributed by atoms with E-state index in [1.807, 2.05) is 24.3 Å². The molecule has 2 aromatic carbocycles. The summed E-state index contributed by atoms with van der Waals surface area (Å²) < 4.78 is 5.34. The zero-order valence-electron chi connectivity index (χ0n) is 9.51. The molecule has 0 bridgehead atoms. The highest BCUT2D eigenvalue weighted by Gasteiger charge is 2.14. The smallest absolute Gasteiger partial charge is 0.128 e. The van der Waals surface area contributed by atoms with Gasteiger partial charge in [0, 0.05) is 5.56 Å². The van der Waals surface area contributed by atoms with Crippen LogP contribution in [0.4, 0.5) is 0 Å². The maximum Gasteiger partial charge on any atom is 0.128 e. The van der Waals surface area contributed by atoms with E-state index in [1.54, 1.807) is 0 Å². The summed E-state index contributed by atoms with van der Waals surface area (Å²) in [5.41, 5.74) is 3.57. The molecule has 0 atom stereocenters. The molecule has 1 heterocycles. The second kappa shape index (κ2) is 5.04. The van der Waals surface area contributed by atoms with Gasteiger partial charge in [0.1, 0.15) is 4.60 Å². The van der Waals surface area contributed by atoms with E-state index in [1.165, 1.54) is 33.1 Å². The van der Waals surface area contributed by atoms with E-state index in [4.69, 9.17) is 0 Å². The second-order valence-corrected chi connectivity index (χ2v) is 5.43. The van der Waals surface area contributed by atoms with Gasteiger partial charge in [0.15, 0.2) is 0 Å². The van der Waals surface area contributed by atoms with Crippen molar-refractivity contribution in [2.45, 2.75) is 0 Å². The van der Waals surface area contributed by atoms with Gasteiger partial charge in [0.2, 0.25) is 0 Å². The van der Waals surface area contributed by atoms with Gasteiger partial charge >= 0.3 is 0 Å². The van der Waals surface area contributed by atoms with Crippen LogP contribution in [0.25, 0.3) is 21.6 Å². The molecular formula is C15H10BrNS. The first-order valence-electron chi connectivity index (χ1n) is 5.62. The molecule has 88 valence electrons. The fourth-order valence-corrected chi connectivity index (χ4v) is 3.50. The number of rotatable bonds is 2. The molecule has 0 aliphatic heterocycles. The van der Waals surface area contributed by atoms with Gasteiger partial charge in [-0.3, -0.25) is 0 Å². The molecule has 0 amide bonds. The lowest BCUT2D eigenvalue weighted by molar-refractivity contribution is 1.48. The molecule has 0 aliphatic rings. The molecule has 0 saturated heterocycles. The van der Waals surface area contributed by atoms with Crippen LogP contribution in [0.3, 0.4) is 0 Å². The molecule has 18 heavy (non-hydrogen) atoms. The molecule has 0 aliphatic carbocycles. The Labute approximate surface area is 118 Å². The fourth-order valence-electron chi connectivity index (χ4n) is 1.91. The zero-order valence-corrected chi connectivity index (χ0v) is 11.9. The third-order valence-corrected chi connectivity index (χ3v) is 4.45. The lowest BCUT2D eigenvalue weighted by Crippen LogP contribution is -1.79. The summed E-state index contributed by atoms with van der Waals surface area (Å²) in [6.45, 7) is 0. The Hall–Kier alpha value is -1.45. The predicted octanol–water partition coefficient (Wildman–Crippen LogP) is 5.24. The molecule has 0 N–H and O–H groups in total. The first kappa shape index (κ1) is 11.6. The number of hydrogen-bond donors (Lipinski definition) is 0. The minimum atomic E-state index is 0.914. The monoisotopic (exact) mass is 315 g/mol. The molecule has 3 aromatic rings. The van der Waals surface area contributed by atoms with E-state index in [-0.39, 0.29) is 0 Å². The summed E-state index contributed by atoms with van der Waals surface area (Å²) in [5, 5.41) is 0. The van der Waals surface area contributed by atoms with Gasteiger partial charge < -0.3 is 0 Å². The van der Waals surface area contributed by atoms with Gasteiger partial charge in [-0.05, 0) is 38.6 Å².